The first-order valence-corrected chi connectivity index (χ1v) is 10.5. The quantitative estimate of drug-likeness (QED) is 0.599. The molecule has 2 heterocycles. The maximum Gasteiger partial charge on any atom is 0.191 e. The normalized spacial score (nSPS) is 19.9. The van der Waals surface area contributed by atoms with Crippen molar-refractivity contribution >= 4 is 17.3 Å². The van der Waals surface area contributed by atoms with E-state index in [1.54, 1.807) is 11.3 Å². The Balaban J connectivity index is 1.74. The Labute approximate surface area is 157 Å². The molecule has 1 aromatic rings. The van der Waals surface area contributed by atoms with Crippen LogP contribution >= 0.6 is 11.3 Å². The summed E-state index contributed by atoms with van der Waals surface area (Å²) in [5, 5.41) is 10.1. The molecule has 1 aliphatic heterocycles. The van der Waals surface area contributed by atoms with E-state index in [4.69, 9.17) is 4.98 Å². The van der Waals surface area contributed by atoms with Crippen molar-refractivity contribution in [2.75, 3.05) is 26.7 Å². The van der Waals surface area contributed by atoms with Crippen LogP contribution in [0.4, 0.5) is 0 Å². The Morgan fingerprint density at radius 2 is 2.16 bits per heavy atom. The minimum Gasteiger partial charge on any atom is -0.355 e. The van der Waals surface area contributed by atoms with Crippen LogP contribution in [0.15, 0.2) is 10.4 Å². The molecule has 0 aliphatic carbocycles. The van der Waals surface area contributed by atoms with Gasteiger partial charge >= 0.3 is 0 Å². The molecule has 0 bridgehead atoms. The largest absolute Gasteiger partial charge is 0.355 e. The van der Waals surface area contributed by atoms with Crippen LogP contribution in [0.5, 0.6) is 0 Å². The molecule has 5 nitrogen and oxygen atoms in total. The van der Waals surface area contributed by atoms with E-state index in [9.17, 15) is 0 Å². The summed E-state index contributed by atoms with van der Waals surface area (Å²) < 4.78 is 0. The van der Waals surface area contributed by atoms with Crippen LogP contribution in [0.3, 0.4) is 0 Å². The van der Waals surface area contributed by atoms with E-state index in [-0.39, 0.29) is 5.41 Å². The van der Waals surface area contributed by atoms with Crippen LogP contribution in [0.2, 0.25) is 0 Å². The first-order chi connectivity index (χ1) is 11.9. The van der Waals surface area contributed by atoms with Gasteiger partial charge in [-0.1, -0.05) is 34.1 Å². The molecule has 1 saturated heterocycles. The summed E-state index contributed by atoms with van der Waals surface area (Å²) in [5.74, 6) is 0.857. The van der Waals surface area contributed by atoms with Gasteiger partial charge in [0.25, 0.3) is 0 Å². The summed E-state index contributed by atoms with van der Waals surface area (Å²) in [6.45, 7) is 12.9. The predicted molar refractivity (Wildman–Crippen MR) is 109 cm³/mol. The van der Waals surface area contributed by atoms with Gasteiger partial charge in [-0.25, -0.2) is 4.98 Å². The molecule has 0 saturated carbocycles. The Morgan fingerprint density at radius 3 is 2.80 bits per heavy atom. The smallest absolute Gasteiger partial charge is 0.191 e. The fourth-order valence-electron chi connectivity index (χ4n) is 3.26. The fourth-order valence-corrected chi connectivity index (χ4v) is 4.17. The summed E-state index contributed by atoms with van der Waals surface area (Å²) in [4.78, 5) is 11.7. The number of aromatic nitrogens is 1. The topological polar surface area (TPSA) is 52.5 Å². The summed E-state index contributed by atoms with van der Waals surface area (Å²) in [5.41, 5.74) is 1.20. The van der Waals surface area contributed by atoms with Crippen molar-refractivity contribution in [2.45, 2.75) is 71.4 Å². The number of rotatable bonds is 6. The highest BCUT2D eigenvalue weighted by Gasteiger charge is 2.20. The molecule has 0 spiro atoms. The lowest BCUT2D eigenvalue weighted by molar-refractivity contribution is 0.147. The van der Waals surface area contributed by atoms with Crippen molar-refractivity contribution in [3.8, 4) is 0 Å². The second-order valence-corrected chi connectivity index (χ2v) is 8.70. The Bertz CT molecular complexity index is 546. The molecule has 1 aromatic heterocycles. The molecule has 142 valence electrons. The van der Waals surface area contributed by atoms with E-state index < -0.39 is 0 Å². The average Bonchev–Trinajstić information content (AvgIpc) is 3.07. The summed E-state index contributed by atoms with van der Waals surface area (Å²) in [6.07, 6.45) is 5.33. The van der Waals surface area contributed by atoms with Gasteiger partial charge in [-0.3, -0.25) is 9.89 Å². The van der Waals surface area contributed by atoms with Crippen molar-refractivity contribution in [3.05, 3.63) is 16.1 Å². The van der Waals surface area contributed by atoms with Gasteiger partial charge in [-0.2, -0.15) is 0 Å². The number of hydrogen-bond donors (Lipinski definition) is 2. The van der Waals surface area contributed by atoms with Crippen LogP contribution in [0, 0.1) is 0 Å². The molecular weight excluding hydrogens is 330 g/mol. The number of aliphatic imine (C=N–C) groups is 1. The van der Waals surface area contributed by atoms with Crippen molar-refractivity contribution in [2.24, 2.45) is 4.99 Å². The van der Waals surface area contributed by atoms with Crippen LogP contribution in [-0.4, -0.2) is 48.6 Å². The number of hydrogen-bond acceptors (Lipinski definition) is 4. The maximum absolute atomic E-state index is 4.73. The lowest BCUT2D eigenvalue weighted by atomic mass is 9.98. The molecule has 2 rings (SSSR count). The van der Waals surface area contributed by atoms with Gasteiger partial charge in [-0.05, 0) is 25.8 Å². The van der Waals surface area contributed by atoms with Crippen LogP contribution in [0.25, 0.3) is 0 Å². The van der Waals surface area contributed by atoms with Crippen LogP contribution < -0.4 is 10.6 Å². The fraction of sp³-hybridized carbons (Fsp3) is 0.789. The molecule has 1 unspecified atom stereocenters. The van der Waals surface area contributed by atoms with Gasteiger partial charge in [0, 0.05) is 37.0 Å². The molecule has 0 amide bonds. The first-order valence-electron chi connectivity index (χ1n) is 9.57. The van der Waals surface area contributed by atoms with Gasteiger partial charge in [0.15, 0.2) is 5.96 Å². The zero-order chi connectivity index (χ0) is 18.3. The number of nitrogens with one attached hydrogen (secondary N) is 2. The molecule has 0 radical (unpaired) electrons. The van der Waals surface area contributed by atoms with Gasteiger partial charge in [0.1, 0.15) is 0 Å². The zero-order valence-corrected chi connectivity index (χ0v) is 17.4. The van der Waals surface area contributed by atoms with Crippen molar-refractivity contribution < 1.29 is 0 Å². The van der Waals surface area contributed by atoms with Gasteiger partial charge in [0.2, 0.25) is 0 Å². The van der Waals surface area contributed by atoms with Gasteiger partial charge in [-0.15, -0.1) is 11.3 Å². The van der Waals surface area contributed by atoms with Crippen LogP contribution in [0.1, 0.15) is 64.1 Å². The van der Waals surface area contributed by atoms with E-state index in [2.05, 4.69) is 53.6 Å². The number of thiazole rings is 1. The third kappa shape index (κ3) is 6.26. The minimum absolute atomic E-state index is 0.118. The zero-order valence-electron chi connectivity index (χ0n) is 16.6. The summed E-state index contributed by atoms with van der Waals surface area (Å²) in [6, 6.07) is 0.761. The van der Waals surface area contributed by atoms with Crippen molar-refractivity contribution in [3.63, 3.8) is 0 Å². The number of nitrogens with zero attached hydrogens (tertiary/aromatic N) is 3. The maximum atomic E-state index is 4.73. The minimum atomic E-state index is 0.118. The number of piperidine rings is 1. The highest BCUT2D eigenvalue weighted by Crippen LogP contribution is 2.25. The van der Waals surface area contributed by atoms with E-state index >= 15 is 0 Å². The summed E-state index contributed by atoms with van der Waals surface area (Å²) in [7, 11) is 1.83. The highest BCUT2D eigenvalue weighted by molar-refractivity contribution is 7.09. The Kier molecular flexibility index (Phi) is 7.69. The lowest BCUT2D eigenvalue weighted by Crippen LogP contribution is -2.45. The Morgan fingerprint density at radius 1 is 1.36 bits per heavy atom. The standard InChI is InChI=1S/C19H35N5S/c1-6-16-9-7-8-11-24(16)12-10-21-18(20-5)22-13-15-14-25-17(23-15)19(2,3)4/h14,16H,6-13H2,1-5H3,(H2,20,21,22). The van der Waals surface area contributed by atoms with Gasteiger partial charge in [0.05, 0.1) is 17.2 Å². The monoisotopic (exact) mass is 365 g/mol. The van der Waals surface area contributed by atoms with Crippen molar-refractivity contribution in [1.29, 1.82) is 0 Å². The third-order valence-corrected chi connectivity index (χ3v) is 6.08. The second-order valence-electron chi connectivity index (χ2n) is 7.84. The molecule has 6 heteroatoms. The third-order valence-electron chi connectivity index (χ3n) is 4.77. The molecule has 2 N–H and O–H groups in total. The molecule has 1 fully saturated rings. The highest BCUT2D eigenvalue weighted by atomic mass is 32.1. The number of guanidine groups is 1. The first kappa shape index (κ1) is 20.2. The molecule has 25 heavy (non-hydrogen) atoms. The predicted octanol–water partition coefficient (Wildman–Crippen LogP) is 3.37. The van der Waals surface area contributed by atoms with Crippen molar-refractivity contribution in [1.82, 2.24) is 20.5 Å². The molecule has 1 aliphatic rings. The summed E-state index contributed by atoms with van der Waals surface area (Å²) >= 11 is 1.74. The molecular formula is C19H35N5S. The second kappa shape index (κ2) is 9.53. The average molecular weight is 366 g/mol. The van der Waals surface area contributed by atoms with Gasteiger partial charge < -0.3 is 10.6 Å². The van der Waals surface area contributed by atoms with E-state index in [0.29, 0.717) is 6.54 Å². The lowest BCUT2D eigenvalue weighted by Gasteiger charge is -2.35. The van der Waals surface area contributed by atoms with E-state index in [1.165, 1.54) is 37.2 Å². The SMILES string of the molecule is CCC1CCCCN1CCNC(=NC)NCc1csc(C(C)(C)C)n1. The molecule has 0 aromatic carbocycles. The van der Waals surface area contributed by atoms with Crippen LogP contribution in [-0.2, 0) is 12.0 Å². The Hall–Kier alpha value is -1.14. The number of likely N-dealkylation sites (tertiary alicyclic amines) is 1. The van der Waals surface area contributed by atoms with E-state index in [0.717, 1.165) is 30.8 Å². The van der Waals surface area contributed by atoms with E-state index in [1.807, 2.05) is 7.05 Å². The molecule has 1 atom stereocenters.